The summed E-state index contributed by atoms with van der Waals surface area (Å²) >= 11 is 0. The molecule has 6 heteroatoms. The van der Waals surface area contributed by atoms with E-state index in [1.807, 2.05) is 30.6 Å². The molecule has 0 spiro atoms. The van der Waals surface area contributed by atoms with Crippen molar-refractivity contribution in [2.24, 2.45) is 5.92 Å². The molecular weight excluding hydrogens is 386 g/mol. The third-order valence-corrected chi connectivity index (χ3v) is 5.85. The van der Waals surface area contributed by atoms with E-state index in [9.17, 15) is 4.79 Å². The molecule has 1 atom stereocenters. The number of benzene rings is 1. The number of piperidine rings is 1. The minimum atomic E-state index is 0.00790. The van der Waals surface area contributed by atoms with Crippen LogP contribution in [-0.4, -0.2) is 60.0 Å². The van der Waals surface area contributed by atoms with Crippen molar-refractivity contribution >= 4 is 11.9 Å². The molecule has 1 aliphatic rings. The molecule has 0 saturated carbocycles. The topological polar surface area (TPSA) is 61.4 Å². The Morgan fingerprint density at radius 2 is 1.77 bits per heavy atom. The van der Waals surface area contributed by atoms with Gasteiger partial charge in [-0.05, 0) is 57.3 Å². The molecule has 1 aromatic heterocycles. The molecule has 1 aliphatic heterocycles. The first-order valence-electron chi connectivity index (χ1n) is 11.8. The van der Waals surface area contributed by atoms with Crippen LogP contribution in [0, 0.1) is 5.92 Å². The van der Waals surface area contributed by atoms with E-state index in [4.69, 9.17) is 0 Å². The molecule has 1 amide bonds. The summed E-state index contributed by atoms with van der Waals surface area (Å²) in [5.41, 5.74) is 2.12. The number of hydrogen-bond donors (Lipinski definition) is 1. The van der Waals surface area contributed by atoms with Gasteiger partial charge in [0.2, 0.25) is 11.9 Å². The van der Waals surface area contributed by atoms with Crippen LogP contribution in [0.3, 0.4) is 0 Å². The van der Waals surface area contributed by atoms with Gasteiger partial charge in [-0.25, -0.2) is 9.97 Å². The number of rotatable bonds is 11. The maximum absolute atomic E-state index is 12.7. The molecular formula is C25H37N5O. The molecule has 168 valence electrons. The molecule has 1 saturated heterocycles. The lowest BCUT2D eigenvalue weighted by molar-refractivity contribution is -0.125. The fourth-order valence-electron chi connectivity index (χ4n) is 4.26. The summed E-state index contributed by atoms with van der Waals surface area (Å²) < 4.78 is 0. The highest BCUT2D eigenvalue weighted by Crippen LogP contribution is 2.22. The molecule has 2 aromatic rings. The SMILES string of the molecule is CCCN(CCC)CCCNC(=O)[C@@H]1CCCN(c2ncc(-c3ccccc3)cn2)C1. The van der Waals surface area contributed by atoms with Crippen molar-refractivity contribution in [3.05, 3.63) is 42.7 Å². The van der Waals surface area contributed by atoms with Crippen LogP contribution in [0.2, 0.25) is 0 Å². The molecule has 0 aliphatic carbocycles. The van der Waals surface area contributed by atoms with Gasteiger partial charge >= 0.3 is 0 Å². The van der Waals surface area contributed by atoms with E-state index in [1.54, 1.807) is 0 Å². The number of carbonyl (C=O) groups excluding carboxylic acids is 1. The van der Waals surface area contributed by atoms with Crippen molar-refractivity contribution in [2.45, 2.75) is 46.0 Å². The van der Waals surface area contributed by atoms with Crippen LogP contribution in [0.4, 0.5) is 5.95 Å². The highest BCUT2D eigenvalue weighted by atomic mass is 16.1. The van der Waals surface area contributed by atoms with Gasteiger partial charge in [0.15, 0.2) is 0 Å². The lowest BCUT2D eigenvalue weighted by Crippen LogP contribution is -2.44. The van der Waals surface area contributed by atoms with E-state index in [-0.39, 0.29) is 11.8 Å². The first kappa shape index (κ1) is 23.2. The highest BCUT2D eigenvalue weighted by Gasteiger charge is 2.27. The number of nitrogens with zero attached hydrogens (tertiary/aromatic N) is 4. The van der Waals surface area contributed by atoms with Crippen molar-refractivity contribution in [2.75, 3.05) is 44.2 Å². The Balaban J connectivity index is 1.47. The molecule has 31 heavy (non-hydrogen) atoms. The highest BCUT2D eigenvalue weighted by molar-refractivity contribution is 5.79. The van der Waals surface area contributed by atoms with E-state index in [0.29, 0.717) is 12.5 Å². The van der Waals surface area contributed by atoms with Gasteiger partial charge in [-0.15, -0.1) is 0 Å². The van der Waals surface area contributed by atoms with Crippen molar-refractivity contribution in [3.63, 3.8) is 0 Å². The van der Waals surface area contributed by atoms with E-state index in [0.717, 1.165) is 63.1 Å². The standard InChI is InChI=1S/C25H37N5O/c1-3-14-29(15-4-2)16-9-13-26-24(31)22-12-8-17-30(20-22)25-27-18-23(19-28-25)21-10-6-5-7-11-21/h5-7,10-11,18-19,22H,3-4,8-9,12-17,20H2,1-2H3,(H,26,31)/t22-/m1/s1. The molecule has 0 bridgehead atoms. The summed E-state index contributed by atoms with van der Waals surface area (Å²) in [7, 11) is 0. The Kier molecular flexibility index (Phi) is 9.28. The number of hydrogen-bond acceptors (Lipinski definition) is 5. The lowest BCUT2D eigenvalue weighted by Gasteiger charge is -2.32. The molecule has 0 unspecified atom stereocenters. The van der Waals surface area contributed by atoms with Gasteiger partial charge < -0.3 is 15.1 Å². The fourth-order valence-corrected chi connectivity index (χ4v) is 4.26. The van der Waals surface area contributed by atoms with Crippen LogP contribution in [-0.2, 0) is 4.79 Å². The summed E-state index contributed by atoms with van der Waals surface area (Å²) in [5.74, 6) is 0.892. The van der Waals surface area contributed by atoms with Crippen molar-refractivity contribution in [3.8, 4) is 11.1 Å². The van der Waals surface area contributed by atoms with Crippen LogP contribution in [0.25, 0.3) is 11.1 Å². The Labute approximate surface area is 187 Å². The largest absolute Gasteiger partial charge is 0.356 e. The van der Waals surface area contributed by atoms with Gasteiger partial charge in [0.05, 0.1) is 5.92 Å². The average molecular weight is 424 g/mol. The minimum absolute atomic E-state index is 0.00790. The molecule has 6 nitrogen and oxygen atoms in total. The third-order valence-electron chi connectivity index (χ3n) is 5.85. The summed E-state index contributed by atoms with van der Waals surface area (Å²) in [6, 6.07) is 10.2. The van der Waals surface area contributed by atoms with Crippen LogP contribution in [0.5, 0.6) is 0 Å². The molecule has 2 heterocycles. The van der Waals surface area contributed by atoms with Gasteiger partial charge in [-0.1, -0.05) is 44.2 Å². The predicted octanol–water partition coefficient (Wildman–Crippen LogP) is 3.99. The van der Waals surface area contributed by atoms with E-state index in [1.165, 1.54) is 12.8 Å². The van der Waals surface area contributed by atoms with Gasteiger partial charge in [-0.3, -0.25) is 4.79 Å². The van der Waals surface area contributed by atoms with Gasteiger partial charge in [0.1, 0.15) is 0 Å². The van der Waals surface area contributed by atoms with Crippen LogP contribution in [0.1, 0.15) is 46.0 Å². The Hall–Kier alpha value is -2.47. The number of carbonyl (C=O) groups is 1. The number of amides is 1. The van der Waals surface area contributed by atoms with Crippen molar-refractivity contribution in [1.82, 2.24) is 20.2 Å². The number of aromatic nitrogens is 2. The molecule has 1 N–H and O–H groups in total. The smallest absolute Gasteiger partial charge is 0.225 e. The van der Waals surface area contributed by atoms with Gasteiger partial charge in [-0.2, -0.15) is 0 Å². The van der Waals surface area contributed by atoms with E-state index < -0.39 is 0 Å². The second-order valence-corrected chi connectivity index (χ2v) is 8.41. The summed E-state index contributed by atoms with van der Waals surface area (Å²) in [6.07, 6.45) is 9.04. The number of anilines is 1. The van der Waals surface area contributed by atoms with Crippen molar-refractivity contribution in [1.29, 1.82) is 0 Å². The van der Waals surface area contributed by atoms with Gasteiger partial charge in [0.25, 0.3) is 0 Å². The maximum atomic E-state index is 12.7. The predicted molar refractivity (Wildman–Crippen MR) is 127 cm³/mol. The van der Waals surface area contributed by atoms with E-state index in [2.05, 4.69) is 51.1 Å². The zero-order valence-corrected chi connectivity index (χ0v) is 19.1. The van der Waals surface area contributed by atoms with Crippen LogP contribution >= 0.6 is 0 Å². The monoisotopic (exact) mass is 423 g/mol. The molecule has 3 rings (SSSR count). The summed E-state index contributed by atoms with van der Waals surface area (Å²) in [4.78, 5) is 26.5. The second kappa shape index (κ2) is 12.4. The average Bonchev–Trinajstić information content (AvgIpc) is 2.82. The molecule has 1 fully saturated rings. The summed E-state index contributed by atoms with van der Waals surface area (Å²) in [6.45, 7) is 10.1. The fraction of sp³-hybridized carbons (Fsp3) is 0.560. The quantitative estimate of drug-likeness (QED) is 0.554. The first-order chi connectivity index (χ1) is 15.2. The Morgan fingerprint density at radius 1 is 1.06 bits per heavy atom. The summed E-state index contributed by atoms with van der Waals surface area (Å²) in [5, 5.41) is 3.16. The Morgan fingerprint density at radius 3 is 2.45 bits per heavy atom. The van der Waals surface area contributed by atoms with Crippen LogP contribution < -0.4 is 10.2 Å². The third kappa shape index (κ3) is 7.03. The lowest BCUT2D eigenvalue weighted by atomic mass is 9.97. The molecule has 0 radical (unpaired) electrons. The van der Waals surface area contributed by atoms with Crippen molar-refractivity contribution < 1.29 is 4.79 Å². The number of nitrogens with one attached hydrogen (secondary N) is 1. The maximum Gasteiger partial charge on any atom is 0.225 e. The molecule has 1 aromatic carbocycles. The minimum Gasteiger partial charge on any atom is -0.356 e. The Bertz CT molecular complexity index is 774. The normalized spacial score (nSPS) is 16.5. The zero-order valence-electron chi connectivity index (χ0n) is 19.1. The second-order valence-electron chi connectivity index (χ2n) is 8.41. The van der Waals surface area contributed by atoms with Gasteiger partial charge in [0, 0.05) is 37.6 Å². The first-order valence-corrected chi connectivity index (χ1v) is 11.8. The zero-order chi connectivity index (χ0) is 21.9. The van der Waals surface area contributed by atoms with E-state index >= 15 is 0 Å². The van der Waals surface area contributed by atoms with Crippen LogP contribution in [0.15, 0.2) is 42.7 Å².